The first-order chi connectivity index (χ1) is 6.06. The smallest absolute Gasteiger partial charge is 0.281 e. The second-order valence-electron chi connectivity index (χ2n) is 2.58. The van der Waals surface area contributed by atoms with E-state index in [1.807, 2.05) is 0 Å². The van der Waals surface area contributed by atoms with Gasteiger partial charge in [0.1, 0.15) is 11.5 Å². The molecule has 0 spiro atoms. The first kappa shape index (κ1) is 9.57. The van der Waals surface area contributed by atoms with Gasteiger partial charge in [-0.15, -0.1) is 0 Å². The van der Waals surface area contributed by atoms with Gasteiger partial charge in [0.2, 0.25) is 0 Å². The molecular weight excluding hydrogens is 178 g/mol. The van der Waals surface area contributed by atoms with Crippen molar-refractivity contribution in [3.63, 3.8) is 0 Å². The summed E-state index contributed by atoms with van der Waals surface area (Å²) < 4.78 is 24.5. The van der Waals surface area contributed by atoms with Crippen molar-refractivity contribution in [1.29, 1.82) is 0 Å². The standard InChI is InChI=1S/C8H8F2N2O/c1-4-2-5(3-13)6(7(9)10)12-8(4)11/h2-3,7H,1H3,(H2,11,12). The van der Waals surface area contributed by atoms with Crippen molar-refractivity contribution >= 4 is 12.1 Å². The molecule has 0 aromatic carbocycles. The largest absolute Gasteiger partial charge is 0.383 e. The highest BCUT2D eigenvalue weighted by molar-refractivity contribution is 5.77. The van der Waals surface area contributed by atoms with Gasteiger partial charge < -0.3 is 5.73 Å². The number of nitrogen functional groups attached to an aromatic ring is 1. The molecule has 0 saturated carbocycles. The van der Waals surface area contributed by atoms with Crippen LogP contribution in [-0.4, -0.2) is 11.3 Å². The molecule has 1 rings (SSSR count). The molecule has 70 valence electrons. The highest BCUT2D eigenvalue weighted by Gasteiger charge is 2.15. The van der Waals surface area contributed by atoms with Gasteiger partial charge in [-0.25, -0.2) is 13.8 Å². The molecule has 0 fully saturated rings. The van der Waals surface area contributed by atoms with Crippen molar-refractivity contribution in [2.45, 2.75) is 13.3 Å². The number of nitrogens with zero attached hydrogens (tertiary/aromatic N) is 1. The van der Waals surface area contributed by atoms with Crippen LogP contribution in [0.15, 0.2) is 6.07 Å². The van der Waals surface area contributed by atoms with Crippen LogP contribution in [0.4, 0.5) is 14.6 Å². The molecule has 0 amide bonds. The van der Waals surface area contributed by atoms with Gasteiger partial charge in [0.15, 0.2) is 6.29 Å². The number of nitrogens with two attached hydrogens (primary N) is 1. The van der Waals surface area contributed by atoms with E-state index < -0.39 is 12.1 Å². The Bertz CT molecular complexity index is 339. The molecule has 0 saturated heterocycles. The number of rotatable bonds is 2. The number of aldehydes is 1. The molecule has 2 N–H and O–H groups in total. The molecule has 5 heteroatoms. The molecule has 0 aliphatic heterocycles. The fraction of sp³-hybridized carbons (Fsp3) is 0.250. The SMILES string of the molecule is Cc1cc(C=O)c(C(F)F)nc1N. The van der Waals surface area contributed by atoms with E-state index in [4.69, 9.17) is 5.73 Å². The molecule has 3 nitrogen and oxygen atoms in total. The van der Waals surface area contributed by atoms with Crippen LogP contribution in [0.1, 0.15) is 28.0 Å². The number of alkyl halides is 2. The van der Waals surface area contributed by atoms with E-state index in [-0.39, 0.29) is 11.4 Å². The molecular formula is C8H8F2N2O. The van der Waals surface area contributed by atoms with Crippen molar-refractivity contribution in [1.82, 2.24) is 4.98 Å². The maximum absolute atomic E-state index is 12.2. The topological polar surface area (TPSA) is 56.0 Å². The maximum Gasteiger partial charge on any atom is 0.281 e. The van der Waals surface area contributed by atoms with E-state index in [1.54, 1.807) is 6.92 Å². The van der Waals surface area contributed by atoms with Crippen molar-refractivity contribution in [3.8, 4) is 0 Å². The third-order valence-electron chi connectivity index (χ3n) is 1.65. The minimum Gasteiger partial charge on any atom is -0.383 e. The first-order valence-corrected chi connectivity index (χ1v) is 3.56. The van der Waals surface area contributed by atoms with Crippen LogP contribution in [0, 0.1) is 6.92 Å². The average Bonchev–Trinajstić information content (AvgIpc) is 2.08. The molecule has 1 aromatic heterocycles. The van der Waals surface area contributed by atoms with Gasteiger partial charge in [-0.05, 0) is 18.6 Å². The summed E-state index contributed by atoms with van der Waals surface area (Å²) in [5.41, 5.74) is 5.17. The van der Waals surface area contributed by atoms with Crippen molar-refractivity contribution < 1.29 is 13.6 Å². The molecule has 0 unspecified atom stereocenters. The van der Waals surface area contributed by atoms with E-state index >= 15 is 0 Å². The summed E-state index contributed by atoms with van der Waals surface area (Å²) in [7, 11) is 0. The predicted octanol–water partition coefficient (Wildman–Crippen LogP) is 1.72. The summed E-state index contributed by atoms with van der Waals surface area (Å²) in [6, 6.07) is 1.30. The number of hydrogen-bond acceptors (Lipinski definition) is 3. The monoisotopic (exact) mass is 186 g/mol. The minimum atomic E-state index is -2.77. The molecule has 0 atom stereocenters. The van der Waals surface area contributed by atoms with Crippen molar-refractivity contribution in [2.75, 3.05) is 5.73 Å². The van der Waals surface area contributed by atoms with Crippen LogP contribution in [0.25, 0.3) is 0 Å². The fourth-order valence-corrected chi connectivity index (χ4v) is 0.933. The van der Waals surface area contributed by atoms with Gasteiger partial charge in [0.05, 0.1) is 0 Å². The second-order valence-corrected chi connectivity index (χ2v) is 2.58. The van der Waals surface area contributed by atoms with Gasteiger partial charge in [-0.3, -0.25) is 4.79 Å². The summed E-state index contributed by atoms with van der Waals surface area (Å²) in [4.78, 5) is 13.8. The summed E-state index contributed by atoms with van der Waals surface area (Å²) in [5.74, 6) is 0.0286. The number of carbonyl (C=O) groups is 1. The lowest BCUT2D eigenvalue weighted by Crippen LogP contribution is -2.03. The number of halogens is 2. The van der Waals surface area contributed by atoms with Crippen LogP contribution < -0.4 is 5.73 Å². The van der Waals surface area contributed by atoms with Crippen molar-refractivity contribution in [2.24, 2.45) is 0 Å². The van der Waals surface area contributed by atoms with Gasteiger partial charge in [-0.2, -0.15) is 0 Å². The average molecular weight is 186 g/mol. The normalized spacial score (nSPS) is 10.5. The lowest BCUT2D eigenvalue weighted by atomic mass is 10.1. The summed E-state index contributed by atoms with van der Waals surface area (Å²) in [6.45, 7) is 1.60. The minimum absolute atomic E-state index is 0.0286. The number of aromatic nitrogens is 1. The highest BCUT2D eigenvalue weighted by atomic mass is 19.3. The van der Waals surface area contributed by atoms with Gasteiger partial charge in [-0.1, -0.05) is 0 Å². The van der Waals surface area contributed by atoms with Crippen LogP contribution >= 0.6 is 0 Å². The lowest BCUT2D eigenvalue weighted by Gasteiger charge is -2.05. The Morgan fingerprint density at radius 3 is 2.69 bits per heavy atom. The number of anilines is 1. The summed E-state index contributed by atoms with van der Waals surface area (Å²) in [5, 5.41) is 0. The summed E-state index contributed by atoms with van der Waals surface area (Å²) in [6.07, 6.45) is -2.43. The maximum atomic E-state index is 12.2. The Morgan fingerprint density at radius 1 is 1.62 bits per heavy atom. The number of pyridine rings is 1. The quantitative estimate of drug-likeness (QED) is 0.715. The third-order valence-corrected chi connectivity index (χ3v) is 1.65. The molecule has 0 aliphatic carbocycles. The third kappa shape index (κ3) is 1.80. The molecule has 13 heavy (non-hydrogen) atoms. The zero-order valence-corrected chi connectivity index (χ0v) is 6.92. The van der Waals surface area contributed by atoms with E-state index in [9.17, 15) is 13.6 Å². The summed E-state index contributed by atoms with van der Waals surface area (Å²) >= 11 is 0. The van der Waals surface area contributed by atoms with E-state index in [1.165, 1.54) is 6.07 Å². The van der Waals surface area contributed by atoms with Crippen LogP contribution in [-0.2, 0) is 0 Å². The second kappa shape index (κ2) is 3.47. The molecule has 1 heterocycles. The van der Waals surface area contributed by atoms with Crippen molar-refractivity contribution in [3.05, 3.63) is 22.9 Å². The predicted molar refractivity (Wildman–Crippen MR) is 43.7 cm³/mol. The Hall–Kier alpha value is -1.52. The molecule has 0 radical (unpaired) electrons. The number of carbonyl (C=O) groups excluding carboxylic acids is 1. The van der Waals surface area contributed by atoms with Gasteiger partial charge in [0, 0.05) is 5.56 Å². The van der Waals surface area contributed by atoms with Crippen LogP contribution in [0.2, 0.25) is 0 Å². The van der Waals surface area contributed by atoms with E-state index in [0.717, 1.165) is 0 Å². The molecule has 0 bridgehead atoms. The highest BCUT2D eigenvalue weighted by Crippen LogP contribution is 2.22. The van der Waals surface area contributed by atoms with Crippen LogP contribution in [0.3, 0.4) is 0 Å². The number of hydrogen-bond donors (Lipinski definition) is 1. The Balaban J connectivity index is 3.32. The van der Waals surface area contributed by atoms with E-state index in [2.05, 4.69) is 4.98 Å². The van der Waals surface area contributed by atoms with E-state index in [0.29, 0.717) is 11.8 Å². The molecule has 0 aliphatic rings. The zero-order chi connectivity index (χ0) is 10.0. The van der Waals surface area contributed by atoms with Gasteiger partial charge in [0.25, 0.3) is 6.43 Å². The first-order valence-electron chi connectivity index (χ1n) is 3.56. The van der Waals surface area contributed by atoms with Gasteiger partial charge >= 0.3 is 0 Å². The molecule has 1 aromatic rings. The fourth-order valence-electron chi connectivity index (χ4n) is 0.933. The zero-order valence-electron chi connectivity index (χ0n) is 6.92. The Labute approximate surface area is 73.6 Å². The Kier molecular flexibility index (Phi) is 2.55. The van der Waals surface area contributed by atoms with Crippen LogP contribution in [0.5, 0.6) is 0 Å². The number of aryl methyl sites for hydroxylation is 1. The lowest BCUT2D eigenvalue weighted by molar-refractivity contribution is 0.110. The Morgan fingerprint density at radius 2 is 2.23 bits per heavy atom.